The maximum absolute atomic E-state index is 6.01. The number of nitrogens with one attached hydrogen (secondary N) is 1. The highest BCUT2D eigenvalue weighted by Gasteiger charge is 2.13. The lowest BCUT2D eigenvalue weighted by molar-refractivity contribution is 0.356. The normalized spacial score (nSPS) is 13.1. The Balaban J connectivity index is 2.79. The first-order chi connectivity index (χ1) is 8.90. The highest BCUT2D eigenvalue weighted by molar-refractivity contribution is 7.98. The molecule has 0 fully saturated rings. The lowest BCUT2D eigenvalue weighted by atomic mass is 10.0. The fraction of sp³-hybridized carbons (Fsp3) is 0.692. The fourth-order valence-corrected chi connectivity index (χ4v) is 2.57. The predicted molar refractivity (Wildman–Crippen MR) is 84.2 cm³/mol. The second kappa shape index (κ2) is 7.92. The van der Waals surface area contributed by atoms with Crippen LogP contribution in [0.2, 0.25) is 5.15 Å². The van der Waals surface area contributed by atoms with Crippen LogP contribution in [0.5, 0.6) is 0 Å². The number of rotatable bonds is 7. The number of hydrogen-bond acceptors (Lipinski definition) is 5. The number of nitrogens with zero attached hydrogens (tertiary/aromatic N) is 3. The molecule has 0 aromatic carbocycles. The molecule has 6 heteroatoms. The van der Waals surface area contributed by atoms with Gasteiger partial charge in [-0.2, -0.15) is 0 Å². The first-order valence-electron chi connectivity index (χ1n) is 6.40. The van der Waals surface area contributed by atoms with Crippen LogP contribution in [-0.2, 0) is 0 Å². The van der Waals surface area contributed by atoms with Gasteiger partial charge in [0.2, 0.25) is 0 Å². The largest absolute Gasteiger partial charge is 0.366 e. The molecule has 0 aliphatic heterocycles. The van der Waals surface area contributed by atoms with Crippen LogP contribution in [0.3, 0.4) is 0 Å². The third-order valence-corrected chi connectivity index (χ3v) is 3.29. The van der Waals surface area contributed by atoms with Gasteiger partial charge >= 0.3 is 0 Å². The van der Waals surface area contributed by atoms with Crippen molar-refractivity contribution in [1.82, 2.24) is 14.9 Å². The summed E-state index contributed by atoms with van der Waals surface area (Å²) in [5.41, 5.74) is 0. The van der Waals surface area contributed by atoms with E-state index in [1.165, 1.54) is 11.8 Å². The number of thioether (sulfide) groups is 1. The SMILES string of the molecule is CSc1nc(Cl)cc(NC(CC(C)C)CN(C)C)n1. The monoisotopic (exact) mass is 302 g/mol. The van der Waals surface area contributed by atoms with Crippen molar-refractivity contribution < 1.29 is 0 Å². The van der Waals surface area contributed by atoms with Gasteiger partial charge in [-0.1, -0.05) is 37.2 Å². The summed E-state index contributed by atoms with van der Waals surface area (Å²) in [4.78, 5) is 10.8. The topological polar surface area (TPSA) is 41.1 Å². The summed E-state index contributed by atoms with van der Waals surface area (Å²) in [6.45, 7) is 5.42. The van der Waals surface area contributed by atoms with Crippen LogP contribution in [0.4, 0.5) is 5.82 Å². The zero-order valence-corrected chi connectivity index (χ0v) is 13.8. The molecule has 0 bridgehead atoms. The van der Waals surface area contributed by atoms with Gasteiger partial charge in [-0.3, -0.25) is 0 Å². The molecular formula is C13H23ClN4S. The Morgan fingerprint density at radius 1 is 1.37 bits per heavy atom. The molecule has 1 unspecified atom stereocenters. The van der Waals surface area contributed by atoms with Gasteiger partial charge in [0.05, 0.1) is 0 Å². The zero-order chi connectivity index (χ0) is 14.4. The Morgan fingerprint density at radius 2 is 2.05 bits per heavy atom. The Bertz CT molecular complexity index is 388. The van der Waals surface area contributed by atoms with Crippen molar-refractivity contribution in [3.8, 4) is 0 Å². The first kappa shape index (κ1) is 16.5. The van der Waals surface area contributed by atoms with Gasteiger partial charge in [-0.25, -0.2) is 9.97 Å². The van der Waals surface area contributed by atoms with Crippen LogP contribution in [-0.4, -0.2) is 47.8 Å². The molecule has 1 rings (SSSR count). The predicted octanol–water partition coefficient (Wildman–Crippen LogP) is 3.24. The van der Waals surface area contributed by atoms with Gasteiger partial charge in [0.25, 0.3) is 0 Å². The molecule has 0 aliphatic rings. The lowest BCUT2D eigenvalue weighted by Crippen LogP contribution is -2.33. The summed E-state index contributed by atoms with van der Waals surface area (Å²) < 4.78 is 0. The highest BCUT2D eigenvalue weighted by atomic mass is 35.5. The van der Waals surface area contributed by atoms with E-state index in [1.54, 1.807) is 6.07 Å². The summed E-state index contributed by atoms with van der Waals surface area (Å²) >= 11 is 7.50. The molecule has 0 radical (unpaired) electrons. The second-order valence-electron chi connectivity index (χ2n) is 5.30. The molecule has 1 atom stereocenters. The maximum Gasteiger partial charge on any atom is 0.190 e. The minimum Gasteiger partial charge on any atom is -0.366 e. The third-order valence-electron chi connectivity index (χ3n) is 2.55. The Morgan fingerprint density at radius 3 is 2.58 bits per heavy atom. The van der Waals surface area contributed by atoms with Gasteiger partial charge in [-0.05, 0) is 32.7 Å². The number of anilines is 1. The molecule has 1 heterocycles. The average Bonchev–Trinajstić information content (AvgIpc) is 2.26. The van der Waals surface area contributed by atoms with Crippen molar-refractivity contribution in [2.45, 2.75) is 31.5 Å². The summed E-state index contributed by atoms with van der Waals surface area (Å²) in [6.07, 6.45) is 3.04. The molecule has 0 aliphatic carbocycles. The number of aromatic nitrogens is 2. The van der Waals surface area contributed by atoms with Gasteiger partial charge in [0.15, 0.2) is 5.16 Å². The summed E-state index contributed by atoms with van der Waals surface area (Å²) in [5, 5.41) is 4.65. The highest BCUT2D eigenvalue weighted by Crippen LogP contribution is 2.19. The van der Waals surface area contributed by atoms with Crippen LogP contribution in [0.15, 0.2) is 11.2 Å². The zero-order valence-electron chi connectivity index (χ0n) is 12.3. The van der Waals surface area contributed by atoms with E-state index in [9.17, 15) is 0 Å². The molecule has 1 N–H and O–H groups in total. The molecular weight excluding hydrogens is 280 g/mol. The van der Waals surface area contributed by atoms with E-state index in [4.69, 9.17) is 11.6 Å². The minimum absolute atomic E-state index is 0.357. The first-order valence-corrected chi connectivity index (χ1v) is 8.00. The van der Waals surface area contributed by atoms with E-state index in [0.717, 1.165) is 18.8 Å². The molecule has 1 aromatic heterocycles. The van der Waals surface area contributed by atoms with Crippen molar-refractivity contribution in [1.29, 1.82) is 0 Å². The molecule has 19 heavy (non-hydrogen) atoms. The van der Waals surface area contributed by atoms with Gasteiger partial charge in [0, 0.05) is 18.7 Å². The quantitative estimate of drug-likeness (QED) is 0.476. The lowest BCUT2D eigenvalue weighted by Gasteiger charge is -2.24. The number of hydrogen-bond donors (Lipinski definition) is 1. The Labute approximate surface area is 125 Å². The second-order valence-corrected chi connectivity index (χ2v) is 6.46. The molecule has 0 spiro atoms. The van der Waals surface area contributed by atoms with Gasteiger partial charge in [-0.15, -0.1) is 0 Å². The Hall–Kier alpha value is -0.520. The van der Waals surface area contributed by atoms with Gasteiger partial charge < -0.3 is 10.2 Å². The van der Waals surface area contributed by atoms with Crippen molar-refractivity contribution in [3.63, 3.8) is 0 Å². The van der Waals surface area contributed by atoms with Crippen molar-refractivity contribution in [2.75, 3.05) is 32.2 Å². The summed E-state index contributed by atoms with van der Waals surface area (Å²) in [5.74, 6) is 1.44. The fourth-order valence-electron chi connectivity index (χ4n) is 1.96. The molecule has 1 aromatic rings. The van der Waals surface area contributed by atoms with Crippen LogP contribution in [0.25, 0.3) is 0 Å². The van der Waals surface area contributed by atoms with E-state index in [2.05, 4.69) is 48.1 Å². The van der Waals surface area contributed by atoms with E-state index >= 15 is 0 Å². The minimum atomic E-state index is 0.357. The van der Waals surface area contributed by atoms with Crippen molar-refractivity contribution >= 4 is 29.2 Å². The maximum atomic E-state index is 6.01. The summed E-state index contributed by atoms with van der Waals surface area (Å²) in [7, 11) is 4.16. The number of likely N-dealkylation sites (N-methyl/N-ethyl adjacent to an activating group) is 1. The van der Waals surface area contributed by atoms with Gasteiger partial charge in [0.1, 0.15) is 11.0 Å². The van der Waals surface area contributed by atoms with Crippen LogP contribution in [0, 0.1) is 5.92 Å². The molecule has 4 nitrogen and oxygen atoms in total. The van der Waals surface area contributed by atoms with Crippen LogP contribution >= 0.6 is 23.4 Å². The number of halogens is 1. The molecule has 0 saturated carbocycles. The third kappa shape index (κ3) is 6.45. The molecule has 0 amide bonds. The van der Waals surface area contributed by atoms with E-state index in [-0.39, 0.29) is 0 Å². The van der Waals surface area contributed by atoms with Crippen molar-refractivity contribution in [3.05, 3.63) is 11.2 Å². The standard InChI is InChI=1S/C13H23ClN4S/c1-9(2)6-10(8-18(3)4)15-12-7-11(14)16-13(17-12)19-5/h7,9-10H,6,8H2,1-5H3,(H,15,16,17). The van der Waals surface area contributed by atoms with E-state index in [0.29, 0.717) is 22.3 Å². The van der Waals surface area contributed by atoms with Crippen LogP contribution in [0.1, 0.15) is 20.3 Å². The molecule has 0 saturated heterocycles. The van der Waals surface area contributed by atoms with E-state index in [1.807, 2.05) is 6.26 Å². The average molecular weight is 303 g/mol. The van der Waals surface area contributed by atoms with E-state index < -0.39 is 0 Å². The Kier molecular flexibility index (Phi) is 6.89. The molecule has 108 valence electrons. The van der Waals surface area contributed by atoms with Crippen molar-refractivity contribution in [2.24, 2.45) is 5.92 Å². The van der Waals surface area contributed by atoms with Crippen LogP contribution < -0.4 is 5.32 Å². The smallest absolute Gasteiger partial charge is 0.190 e. The summed E-state index contributed by atoms with van der Waals surface area (Å²) in [6, 6.07) is 2.14.